The summed E-state index contributed by atoms with van der Waals surface area (Å²) in [6.07, 6.45) is 1.28. The van der Waals surface area contributed by atoms with Crippen LogP contribution in [0.1, 0.15) is 47.5 Å². The highest BCUT2D eigenvalue weighted by atomic mass is 16.5. The molecule has 3 heteroatoms. The van der Waals surface area contributed by atoms with Gasteiger partial charge in [-0.25, -0.2) is 0 Å². The van der Waals surface area contributed by atoms with Crippen molar-refractivity contribution in [3.05, 3.63) is 0 Å². The van der Waals surface area contributed by atoms with E-state index in [1.165, 1.54) is 0 Å². The third-order valence-corrected chi connectivity index (χ3v) is 5.51. The van der Waals surface area contributed by atoms with Gasteiger partial charge in [-0.05, 0) is 24.2 Å². The van der Waals surface area contributed by atoms with Crippen molar-refractivity contribution in [2.45, 2.75) is 59.7 Å². The maximum atomic E-state index is 11.7. The van der Waals surface area contributed by atoms with E-state index in [0.29, 0.717) is 5.92 Å². The van der Waals surface area contributed by atoms with Gasteiger partial charge in [-0.15, -0.1) is 0 Å². The van der Waals surface area contributed by atoms with Crippen LogP contribution in [0.3, 0.4) is 0 Å². The number of fused-ring (bicyclic) bond motifs is 2. The fraction of sp³-hybridized carbons (Fsp3) is 0.929. The number of esters is 1. The normalized spacial score (nSPS) is 43.1. The van der Waals surface area contributed by atoms with Crippen LogP contribution in [0.4, 0.5) is 0 Å². The second-order valence-electron chi connectivity index (χ2n) is 6.77. The van der Waals surface area contributed by atoms with Crippen LogP contribution in [0.15, 0.2) is 0 Å². The molecule has 2 aliphatic rings. The van der Waals surface area contributed by atoms with Gasteiger partial charge in [0.15, 0.2) is 0 Å². The summed E-state index contributed by atoms with van der Waals surface area (Å²) in [6, 6.07) is 0. The van der Waals surface area contributed by atoms with E-state index in [-0.39, 0.29) is 34.9 Å². The van der Waals surface area contributed by atoms with Gasteiger partial charge in [-0.2, -0.15) is 0 Å². The Bertz CT molecular complexity index is 334. The van der Waals surface area contributed by atoms with E-state index < -0.39 is 0 Å². The van der Waals surface area contributed by atoms with Crippen LogP contribution in [-0.2, 0) is 9.53 Å². The number of carbonyl (C=O) groups is 1. The van der Waals surface area contributed by atoms with E-state index in [0.717, 1.165) is 12.8 Å². The zero-order chi connectivity index (χ0) is 13.0. The Kier molecular flexibility index (Phi) is 2.81. The fourth-order valence-electron chi connectivity index (χ4n) is 3.65. The van der Waals surface area contributed by atoms with Gasteiger partial charge >= 0.3 is 5.97 Å². The van der Waals surface area contributed by atoms with Crippen LogP contribution in [0.25, 0.3) is 0 Å². The van der Waals surface area contributed by atoms with E-state index in [2.05, 4.69) is 20.8 Å². The first kappa shape index (κ1) is 12.9. The summed E-state index contributed by atoms with van der Waals surface area (Å²) >= 11 is 0. The molecule has 0 aliphatic heterocycles. The molecule has 2 rings (SSSR count). The molecule has 0 heterocycles. The molecule has 1 N–H and O–H groups in total. The Hall–Kier alpha value is -0.570. The average Bonchev–Trinajstić information content (AvgIpc) is 2.49. The van der Waals surface area contributed by atoms with E-state index in [1.807, 2.05) is 13.8 Å². The number of hydrogen-bond donors (Lipinski definition) is 1. The van der Waals surface area contributed by atoms with Crippen molar-refractivity contribution in [3.8, 4) is 0 Å². The summed E-state index contributed by atoms with van der Waals surface area (Å²) in [6.45, 7) is 10.1. The molecule has 0 amide bonds. The molecule has 2 aliphatic carbocycles. The van der Waals surface area contributed by atoms with Crippen LogP contribution in [0, 0.1) is 22.7 Å². The molecule has 2 saturated carbocycles. The Balaban J connectivity index is 2.20. The SMILES string of the molecule is CC(C)C(=O)O[C@@H]1C[C@H]2C[C@H](O)[C@]1(C)C2(C)C. The Morgan fingerprint density at radius 1 is 1.29 bits per heavy atom. The van der Waals surface area contributed by atoms with E-state index in [1.54, 1.807) is 0 Å². The maximum Gasteiger partial charge on any atom is 0.308 e. The number of aliphatic hydroxyl groups excluding tert-OH is 1. The minimum atomic E-state index is -0.346. The van der Waals surface area contributed by atoms with Gasteiger partial charge in [0, 0.05) is 5.41 Å². The molecule has 0 radical (unpaired) electrons. The molecule has 2 bridgehead atoms. The highest BCUT2D eigenvalue weighted by Gasteiger charge is 2.67. The lowest BCUT2D eigenvalue weighted by atomic mass is 9.69. The summed E-state index contributed by atoms with van der Waals surface area (Å²) in [7, 11) is 0. The zero-order valence-electron chi connectivity index (χ0n) is 11.5. The summed E-state index contributed by atoms with van der Waals surface area (Å²) in [4.78, 5) is 11.7. The van der Waals surface area contributed by atoms with E-state index >= 15 is 0 Å². The van der Waals surface area contributed by atoms with E-state index in [9.17, 15) is 9.90 Å². The molecule has 98 valence electrons. The number of ether oxygens (including phenoxy) is 1. The van der Waals surface area contributed by atoms with Crippen molar-refractivity contribution >= 4 is 5.97 Å². The molecule has 0 spiro atoms. The summed E-state index contributed by atoms with van der Waals surface area (Å²) in [5, 5.41) is 10.2. The van der Waals surface area contributed by atoms with Gasteiger partial charge < -0.3 is 9.84 Å². The van der Waals surface area contributed by atoms with Gasteiger partial charge in [0.1, 0.15) is 6.10 Å². The van der Waals surface area contributed by atoms with Crippen molar-refractivity contribution in [1.29, 1.82) is 0 Å². The number of rotatable bonds is 2. The van der Waals surface area contributed by atoms with Gasteiger partial charge in [0.05, 0.1) is 12.0 Å². The third kappa shape index (κ3) is 1.55. The lowest BCUT2D eigenvalue weighted by Crippen LogP contribution is -2.46. The molecule has 2 fully saturated rings. The first-order valence-corrected chi connectivity index (χ1v) is 6.59. The molecular weight excluding hydrogens is 216 g/mol. The van der Waals surface area contributed by atoms with Crippen LogP contribution in [0.2, 0.25) is 0 Å². The molecule has 4 atom stereocenters. The van der Waals surface area contributed by atoms with Crippen molar-refractivity contribution in [1.82, 2.24) is 0 Å². The highest BCUT2D eigenvalue weighted by molar-refractivity contribution is 5.71. The molecule has 0 aromatic rings. The Morgan fingerprint density at radius 2 is 1.88 bits per heavy atom. The Morgan fingerprint density at radius 3 is 2.29 bits per heavy atom. The Labute approximate surface area is 104 Å². The third-order valence-electron chi connectivity index (χ3n) is 5.51. The molecule has 0 unspecified atom stereocenters. The lowest BCUT2D eigenvalue weighted by Gasteiger charge is -2.41. The number of hydrogen-bond acceptors (Lipinski definition) is 3. The first-order chi connectivity index (χ1) is 7.71. The standard InChI is InChI=1S/C14H24O3/c1-8(2)12(16)17-11-7-9-6-10(15)14(11,5)13(9,3)4/h8-11,15H,6-7H2,1-5H3/t9-,10+,11-,14+/m1/s1. The van der Waals surface area contributed by atoms with Crippen molar-refractivity contribution in [3.63, 3.8) is 0 Å². The zero-order valence-corrected chi connectivity index (χ0v) is 11.5. The molecule has 17 heavy (non-hydrogen) atoms. The maximum absolute atomic E-state index is 11.7. The predicted molar refractivity (Wildman–Crippen MR) is 65.3 cm³/mol. The van der Waals surface area contributed by atoms with Crippen LogP contribution < -0.4 is 0 Å². The first-order valence-electron chi connectivity index (χ1n) is 6.59. The minimum Gasteiger partial charge on any atom is -0.461 e. The molecule has 3 nitrogen and oxygen atoms in total. The van der Waals surface area contributed by atoms with Gasteiger partial charge in [0.25, 0.3) is 0 Å². The lowest BCUT2D eigenvalue weighted by molar-refractivity contribution is -0.167. The van der Waals surface area contributed by atoms with Gasteiger partial charge in [0.2, 0.25) is 0 Å². The molecule has 0 saturated heterocycles. The van der Waals surface area contributed by atoms with Gasteiger partial charge in [-0.1, -0.05) is 34.6 Å². The van der Waals surface area contributed by atoms with Crippen molar-refractivity contribution in [2.75, 3.05) is 0 Å². The average molecular weight is 240 g/mol. The topological polar surface area (TPSA) is 46.5 Å². The minimum absolute atomic E-state index is 0.0499. The smallest absolute Gasteiger partial charge is 0.308 e. The van der Waals surface area contributed by atoms with Crippen LogP contribution in [-0.4, -0.2) is 23.3 Å². The van der Waals surface area contributed by atoms with Gasteiger partial charge in [-0.3, -0.25) is 4.79 Å². The van der Waals surface area contributed by atoms with E-state index in [4.69, 9.17) is 4.74 Å². The quantitative estimate of drug-likeness (QED) is 0.754. The monoisotopic (exact) mass is 240 g/mol. The highest BCUT2D eigenvalue weighted by Crippen LogP contribution is 2.66. The second kappa shape index (κ2) is 3.71. The van der Waals surface area contributed by atoms with Crippen molar-refractivity contribution < 1.29 is 14.6 Å². The number of aliphatic hydroxyl groups is 1. The van der Waals surface area contributed by atoms with Crippen molar-refractivity contribution in [2.24, 2.45) is 22.7 Å². The number of carbonyl (C=O) groups excluding carboxylic acids is 1. The summed E-state index contributed by atoms with van der Waals surface area (Å²) in [5.41, 5.74) is -0.240. The fourth-order valence-corrected chi connectivity index (χ4v) is 3.65. The second-order valence-corrected chi connectivity index (χ2v) is 6.77. The summed E-state index contributed by atoms with van der Waals surface area (Å²) in [5.74, 6) is 0.220. The van der Waals surface area contributed by atoms with Crippen LogP contribution in [0.5, 0.6) is 0 Å². The largest absolute Gasteiger partial charge is 0.461 e. The predicted octanol–water partition coefficient (Wildman–Crippen LogP) is 2.37. The molecule has 0 aromatic heterocycles. The molecule has 0 aromatic carbocycles. The van der Waals surface area contributed by atoms with Crippen LogP contribution >= 0.6 is 0 Å². The molecular formula is C14H24O3. The summed E-state index contributed by atoms with van der Waals surface area (Å²) < 4.78 is 5.62.